The number of hydrogen-bond donors (Lipinski definition) is 1. The lowest BCUT2D eigenvalue weighted by Gasteiger charge is -2.12. The summed E-state index contributed by atoms with van der Waals surface area (Å²) in [5, 5.41) is 9.04. The van der Waals surface area contributed by atoms with Crippen molar-refractivity contribution in [2.45, 2.75) is 20.0 Å². The molecule has 128 valence electrons. The molecule has 0 aliphatic carbocycles. The first-order valence-corrected chi connectivity index (χ1v) is 8.70. The fourth-order valence-electron chi connectivity index (χ4n) is 2.36. The lowest BCUT2D eigenvalue weighted by atomic mass is 10.1. The second kappa shape index (κ2) is 8.17. The number of rotatable bonds is 8. The van der Waals surface area contributed by atoms with Gasteiger partial charge in [-0.25, -0.2) is 0 Å². The van der Waals surface area contributed by atoms with E-state index in [1.807, 2.05) is 13.8 Å². The van der Waals surface area contributed by atoms with Gasteiger partial charge < -0.3 is 9.84 Å². The molecular formula is C18H21NO4S. The van der Waals surface area contributed by atoms with Crippen LogP contribution in [0.3, 0.4) is 0 Å². The maximum Gasteiger partial charge on any atom is 0.268 e. The first kappa shape index (κ1) is 18.3. The van der Waals surface area contributed by atoms with Crippen molar-refractivity contribution in [3.63, 3.8) is 0 Å². The first-order chi connectivity index (χ1) is 11.5. The van der Waals surface area contributed by atoms with E-state index >= 15 is 0 Å². The number of aliphatic hydroxyl groups is 1. The van der Waals surface area contributed by atoms with Crippen molar-refractivity contribution in [1.82, 2.24) is 4.90 Å². The summed E-state index contributed by atoms with van der Waals surface area (Å²) in [6.07, 6.45) is 1.58. The van der Waals surface area contributed by atoms with Crippen molar-refractivity contribution in [3.05, 3.63) is 47.4 Å². The second-order valence-electron chi connectivity index (χ2n) is 5.48. The Bertz CT molecular complexity index is 664. The molecule has 0 bridgehead atoms. The van der Waals surface area contributed by atoms with Crippen LogP contribution in [0, 0.1) is 0 Å². The van der Waals surface area contributed by atoms with Crippen LogP contribution in [0.1, 0.15) is 19.4 Å². The van der Waals surface area contributed by atoms with Crippen LogP contribution in [0.25, 0.3) is 5.57 Å². The molecule has 0 saturated carbocycles. The number of carbonyl (C=O) groups excluding carboxylic acids is 2. The molecule has 0 aromatic heterocycles. The summed E-state index contributed by atoms with van der Waals surface area (Å²) in [5.74, 6) is 0.390. The smallest absolute Gasteiger partial charge is 0.268 e. The van der Waals surface area contributed by atoms with E-state index in [0.29, 0.717) is 27.5 Å². The minimum Gasteiger partial charge on any atom is -0.491 e. The molecule has 1 aromatic carbocycles. The number of amides is 2. The highest BCUT2D eigenvalue weighted by atomic mass is 32.2. The number of benzene rings is 1. The zero-order valence-corrected chi connectivity index (χ0v) is 14.6. The van der Waals surface area contributed by atoms with Gasteiger partial charge in [0.15, 0.2) is 0 Å². The number of carbonyl (C=O) groups is 2. The van der Waals surface area contributed by atoms with Gasteiger partial charge in [-0.3, -0.25) is 14.5 Å². The molecule has 5 nitrogen and oxygen atoms in total. The fourth-order valence-corrected chi connectivity index (χ4v) is 3.24. The molecule has 0 unspecified atom stereocenters. The third kappa shape index (κ3) is 3.88. The van der Waals surface area contributed by atoms with Crippen LogP contribution in [0.15, 0.2) is 41.8 Å². The van der Waals surface area contributed by atoms with Gasteiger partial charge in [-0.2, -0.15) is 0 Å². The molecule has 2 amide bonds. The summed E-state index contributed by atoms with van der Waals surface area (Å²) in [6, 6.07) is 7.11. The van der Waals surface area contributed by atoms with Gasteiger partial charge in [0.1, 0.15) is 5.75 Å². The Morgan fingerprint density at radius 1 is 1.25 bits per heavy atom. The van der Waals surface area contributed by atoms with Gasteiger partial charge in [0.2, 0.25) is 0 Å². The molecule has 0 atom stereocenters. The molecule has 24 heavy (non-hydrogen) atoms. The predicted molar refractivity (Wildman–Crippen MR) is 95.6 cm³/mol. The molecule has 1 aliphatic rings. The third-order valence-electron chi connectivity index (χ3n) is 3.29. The minimum absolute atomic E-state index is 0.0588. The lowest BCUT2D eigenvalue weighted by Crippen LogP contribution is -2.31. The number of aliphatic hydroxyl groups excluding tert-OH is 1. The van der Waals surface area contributed by atoms with E-state index in [2.05, 4.69) is 6.58 Å². The molecule has 1 N–H and O–H groups in total. The van der Waals surface area contributed by atoms with Gasteiger partial charge in [0, 0.05) is 12.3 Å². The number of nitrogens with zero attached hydrogens (tertiary/aromatic N) is 1. The Balaban J connectivity index is 2.37. The Morgan fingerprint density at radius 2 is 1.92 bits per heavy atom. The average Bonchev–Trinajstić information content (AvgIpc) is 2.78. The Hall–Kier alpha value is -2.05. The van der Waals surface area contributed by atoms with Crippen LogP contribution in [0.2, 0.25) is 0 Å². The highest BCUT2D eigenvalue weighted by molar-refractivity contribution is 8.04. The number of hydrogen-bond acceptors (Lipinski definition) is 5. The molecule has 0 spiro atoms. The van der Waals surface area contributed by atoms with Crippen molar-refractivity contribution >= 4 is 29.1 Å². The molecule has 6 heteroatoms. The van der Waals surface area contributed by atoms with Gasteiger partial charge in [0.25, 0.3) is 11.8 Å². The normalized spacial score (nSPS) is 14.8. The maximum atomic E-state index is 12.6. The van der Waals surface area contributed by atoms with E-state index in [1.165, 1.54) is 22.7 Å². The van der Waals surface area contributed by atoms with Crippen molar-refractivity contribution in [2.24, 2.45) is 0 Å². The summed E-state index contributed by atoms with van der Waals surface area (Å²) < 4.78 is 5.60. The van der Waals surface area contributed by atoms with E-state index in [1.54, 1.807) is 24.3 Å². The SMILES string of the molecule is C=CCN1C(=O)C(SCCO)=C(c2ccc(OC(C)C)cc2)C1=O. The van der Waals surface area contributed by atoms with Crippen LogP contribution in [-0.2, 0) is 9.59 Å². The van der Waals surface area contributed by atoms with Gasteiger partial charge >= 0.3 is 0 Å². The molecular weight excluding hydrogens is 326 g/mol. The Morgan fingerprint density at radius 3 is 2.46 bits per heavy atom. The van der Waals surface area contributed by atoms with Crippen LogP contribution in [0.4, 0.5) is 0 Å². The lowest BCUT2D eigenvalue weighted by molar-refractivity contribution is -0.135. The standard InChI is InChI=1S/C18H21NO4S/c1-4-9-19-17(21)15(16(18(19)22)24-11-10-20)13-5-7-14(8-6-13)23-12(2)3/h4-8,12,20H,1,9-11H2,2-3H3. The third-order valence-corrected chi connectivity index (χ3v) is 4.34. The molecule has 1 aliphatic heterocycles. The van der Waals surface area contributed by atoms with E-state index in [9.17, 15) is 9.59 Å². The van der Waals surface area contributed by atoms with Gasteiger partial charge in [-0.1, -0.05) is 18.2 Å². The van der Waals surface area contributed by atoms with E-state index in [0.717, 1.165) is 0 Å². The summed E-state index contributed by atoms with van der Waals surface area (Å²) >= 11 is 1.20. The summed E-state index contributed by atoms with van der Waals surface area (Å²) in [4.78, 5) is 26.7. The van der Waals surface area contributed by atoms with E-state index in [4.69, 9.17) is 9.84 Å². The summed E-state index contributed by atoms with van der Waals surface area (Å²) in [7, 11) is 0. The number of imide groups is 1. The van der Waals surface area contributed by atoms with Gasteiger partial charge in [-0.05, 0) is 31.5 Å². The minimum atomic E-state index is -0.337. The zero-order valence-electron chi connectivity index (χ0n) is 13.8. The number of ether oxygens (including phenoxy) is 1. The van der Waals surface area contributed by atoms with Crippen LogP contribution in [-0.4, -0.2) is 46.8 Å². The summed E-state index contributed by atoms with van der Waals surface area (Å²) in [6.45, 7) is 7.56. The first-order valence-electron chi connectivity index (χ1n) is 7.71. The van der Waals surface area contributed by atoms with Gasteiger partial charge in [-0.15, -0.1) is 18.3 Å². The van der Waals surface area contributed by atoms with Crippen molar-refractivity contribution in [2.75, 3.05) is 18.9 Å². The van der Waals surface area contributed by atoms with Crippen molar-refractivity contribution < 1.29 is 19.4 Å². The van der Waals surface area contributed by atoms with Crippen LogP contribution in [0.5, 0.6) is 5.75 Å². The van der Waals surface area contributed by atoms with Crippen molar-refractivity contribution in [3.8, 4) is 5.75 Å². The second-order valence-corrected chi connectivity index (χ2v) is 6.58. The van der Waals surface area contributed by atoms with Crippen LogP contribution >= 0.6 is 11.8 Å². The molecule has 2 rings (SSSR count). The molecule has 0 fully saturated rings. The summed E-state index contributed by atoms with van der Waals surface area (Å²) in [5.41, 5.74) is 1.04. The molecule has 0 radical (unpaired) electrons. The fraction of sp³-hybridized carbons (Fsp3) is 0.333. The van der Waals surface area contributed by atoms with E-state index in [-0.39, 0.29) is 31.1 Å². The van der Waals surface area contributed by atoms with E-state index < -0.39 is 0 Å². The topological polar surface area (TPSA) is 66.8 Å². The molecule has 1 aromatic rings. The Labute approximate surface area is 146 Å². The largest absolute Gasteiger partial charge is 0.491 e. The highest BCUT2D eigenvalue weighted by Gasteiger charge is 2.38. The Kier molecular flexibility index (Phi) is 6.23. The monoisotopic (exact) mass is 347 g/mol. The quantitative estimate of drug-likeness (QED) is 0.578. The molecule has 1 heterocycles. The van der Waals surface area contributed by atoms with Crippen molar-refractivity contribution in [1.29, 1.82) is 0 Å². The highest BCUT2D eigenvalue weighted by Crippen LogP contribution is 2.36. The van der Waals surface area contributed by atoms with Crippen LogP contribution < -0.4 is 4.74 Å². The predicted octanol–water partition coefficient (Wildman–Crippen LogP) is 2.47. The van der Waals surface area contributed by atoms with Gasteiger partial charge in [0.05, 0.1) is 23.2 Å². The molecule has 0 saturated heterocycles. The zero-order chi connectivity index (χ0) is 17.7. The average molecular weight is 347 g/mol. The maximum absolute atomic E-state index is 12.6. The number of thioether (sulfide) groups is 1.